The molecule has 102 valence electrons. The fourth-order valence-corrected chi connectivity index (χ4v) is 1.51. The summed E-state index contributed by atoms with van der Waals surface area (Å²) >= 11 is 3.11. The predicted molar refractivity (Wildman–Crippen MR) is 73.1 cm³/mol. The third kappa shape index (κ3) is 5.65. The summed E-state index contributed by atoms with van der Waals surface area (Å²) in [6.45, 7) is 1.41. The molecule has 0 saturated heterocycles. The van der Waals surface area contributed by atoms with Gasteiger partial charge in [-0.25, -0.2) is 9.18 Å². The highest BCUT2D eigenvalue weighted by molar-refractivity contribution is 9.10. The molecule has 6 heteroatoms. The number of rotatable bonds is 5. The number of benzene rings is 1. The van der Waals surface area contributed by atoms with Crippen LogP contribution in [0.1, 0.15) is 13.3 Å². The Balaban J connectivity index is 2.47. The first kappa shape index (κ1) is 15.4. The minimum atomic E-state index is -0.603. The van der Waals surface area contributed by atoms with E-state index in [4.69, 9.17) is 0 Å². The maximum Gasteiger partial charge on any atom is 0.330 e. The second kappa shape index (κ2) is 7.68. The lowest BCUT2D eigenvalue weighted by molar-refractivity contribution is -0.142. The molecular formula is C13H13BrFNO3. The molecule has 0 bridgehead atoms. The van der Waals surface area contributed by atoms with Crippen LogP contribution in [0.3, 0.4) is 0 Å². The van der Waals surface area contributed by atoms with E-state index in [2.05, 4.69) is 26.0 Å². The van der Waals surface area contributed by atoms with Gasteiger partial charge >= 0.3 is 5.97 Å². The summed E-state index contributed by atoms with van der Waals surface area (Å²) in [5.74, 6) is -1.77. The topological polar surface area (TPSA) is 55.4 Å². The molecular weight excluding hydrogens is 317 g/mol. The van der Waals surface area contributed by atoms with E-state index in [1.165, 1.54) is 18.2 Å². The summed E-state index contributed by atoms with van der Waals surface area (Å²) in [4.78, 5) is 22.5. The summed E-state index contributed by atoms with van der Waals surface area (Å²) in [7, 11) is 0. The van der Waals surface area contributed by atoms with Crippen molar-refractivity contribution in [3.05, 3.63) is 40.6 Å². The Hall–Kier alpha value is -1.69. The van der Waals surface area contributed by atoms with Crippen molar-refractivity contribution in [2.24, 2.45) is 0 Å². The normalized spacial score (nSPS) is 10.5. The molecule has 4 nitrogen and oxygen atoms in total. The summed E-state index contributed by atoms with van der Waals surface area (Å²) < 4.78 is 18.7. The smallest absolute Gasteiger partial charge is 0.330 e. The summed E-state index contributed by atoms with van der Waals surface area (Å²) in [6.07, 6.45) is 3.56. The average molecular weight is 330 g/mol. The third-order valence-electron chi connectivity index (χ3n) is 2.04. The van der Waals surface area contributed by atoms with Crippen LogP contribution in [0.15, 0.2) is 34.8 Å². The Bertz CT molecular complexity index is 503. The predicted octanol–water partition coefficient (Wildman–Crippen LogP) is 3.04. The lowest BCUT2D eigenvalue weighted by atomic mass is 10.3. The van der Waals surface area contributed by atoms with Gasteiger partial charge in [-0.05, 0) is 24.6 Å². The van der Waals surface area contributed by atoms with Gasteiger partial charge in [-0.2, -0.15) is 0 Å². The first-order chi connectivity index (χ1) is 9.02. The zero-order valence-corrected chi connectivity index (χ0v) is 11.9. The molecule has 0 saturated carbocycles. The van der Waals surface area contributed by atoms with Crippen LogP contribution in [-0.2, 0) is 14.3 Å². The Kier molecular flexibility index (Phi) is 6.21. The van der Waals surface area contributed by atoms with Crippen LogP contribution in [0, 0.1) is 5.82 Å². The van der Waals surface area contributed by atoms with Gasteiger partial charge in [-0.15, -0.1) is 0 Å². The van der Waals surface area contributed by atoms with Crippen LogP contribution >= 0.6 is 15.9 Å². The van der Waals surface area contributed by atoms with E-state index in [9.17, 15) is 14.0 Å². The highest BCUT2D eigenvalue weighted by atomic mass is 79.9. The van der Waals surface area contributed by atoms with Gasteiger partial charge in [-0.1, -0.05) is 28.9 Å². The van der Waals surface area contributed by atoms with Gasteiger partial charge in [0.1, 0.15) is 5.82 Å². The number of allylic oxidation sites excluding steroid dienone is 1. The van der Waals surface area contributed by atoms with Gasteiger partial charge in [0.2, 0.25) is 0 Å². The lowest BCUT2D eigenvalue weighted by Crippen LogP contribution is -2.20. The molecule has 0 aliphatic rings. The van der Waals surface area contributed by atoms with Crippen molar-refractivity contribution >= 4 is 33.5 Å². The first-order valence-electron chi connectivity index (χ1n) is 5.61. The Morgan fingerprint density at radius 2 is 2.21 bits per heavy atom. The van der Waals surface area contributed by atoms with Crippen molar-refractivity contribution in [3.8, 4) is 0 Å². The van der Waals surface area contributed by atoms with Gasteiger partial charge in [0.25, 0.3) is 5.91 Å². The van der Waals surface area contributed by atoms with Gasteiger partial charge in [0.15, 0.2) is 6.61 Å². The third-order valence-corrected chi connectivity index (χ3v) is 2.53. The highest BCUT2D eigenvalue weighted by Gasteiger charge is 2.09. The molecule has 0 unspecified atom stereocenters. The fraction of sp³-hybridized carbons (Fsp3) is 0.231. The van der Waals surface area contributed by atoms with Crippen LogP contribution in [0.25, 0.3) is 0 Å². The zero-order valence-electron chi connectivity index (χ0n) is 10.3. The number of ether oxygens (including phenoxy) is 1. The van der Waals surface area contributed by atoms with E-state index in [1.54, 1.807) is 12.1 Å². The highest BCUT2D eigenvalue weighted by Crippen LogP contribution is 2.19. The van der Waals surface area contributed by atoms with Crippen molar-refractivity contribution in [2.45, 2.75) is 13.3 Å². The van der Waals surface area contributed by atoms with E-state index >= 15 is 0 Å². The monoisotopic (exact) mass is 329 g/mol. The van der Waals surface area contributed by atoms with E-state index in [0.717, 1.165) is 0 Å². The number of amides is 1. The molecule has 1 aromatic carbocycles. The van der Waals surface area contributed by atoms with Crippen molar-refractivity contribution < 1.29 is 18.7 Å². The molecule has 0 aliphatic carbocycles. The quantitative estimate of drug-likeness (QED) is 0.667. The van der Waals surface area contributed by atoms with Crippen LogP contribution in [-0.4, -0.2) is 18.5 Å². The number of halogens is 2. The Labute approximate surface area is 118 Å². The van der Waals surface area contributed by atoms with Crippen molar-refractivity contribution in [1.82, 2.24) is 0 Å². The molecule has 1 N–H and O–H groups in total. The standard InChI is InChI=1S/C13H13BrFNO3/c1-2-3-4-13(18)19-8-12(17)16-11-6-5-9(14)7-10(11)15/h3-7H,2,8H2,1H3,(H,16,17)/b4-3+. The van der Waals surface area contributed by atoms with Crippen LogP contribution in [0.4, 0.5) is 10.1 Å². The van der Waals surface area contributed by atoms with Crippen LogP contribution < -0.4 is 5.32 Å². The number of hydrogen-bond donors (Lipinski definition) is 1. The van der Waals surface area contributed by atoms with E-state index in [0.29, 0.717) is 10.9 Å². The SMILES string of the molecule is CC/C=C/C(=O)OCC(=O)Nc1ccc(Br)cc1F. The fourth-order valence-electron chi connectivity index (χ4n) is 1.18. The molecule has 19 heavy (non-hydrogen) atoms. The Morgan fingerprint density at radius 3 is 2.84 bits per heavy atom. The second-order valence-corrected chi connectivity index (χ2v) is 4.51. The molecule has 0 fully saturated rings. The van der Waals surface area contributed by atoms with Crippen molar-refractivity contribution in [2.75, 3.05) is 11.9 Å². The van der Waals surface area contributed by atoms with Crippen molar-refractivity contribution in [1.29, 1.82) is 0 Å². The van der Waals surface area contributed by atoms with Gasteiger partial charge in [-0.3, -0.25) is 4.79 Å². The van der Waals surface area contributed by atoms with Gasteiger partial charge < -0.3 is 10.1 Å². The minimum Gasteiger partial charge on any atom is -0.452 e. The molecule has 0 aromatic heterocycles. The Morgan fingerprint density at radius 1 is 1.47 bits per heavy atom. The minimum absolute atomic E-state index is 0.0355. The molecule has 0 radical (unpaired) electrons. The van der Waals surface area contributed by atoms with E-state index in [1.807, 2.05) is 6.92 Å². The lowest BCUT2D eigenvalue weighted by Gasteiger charge is -2.06. The largest absolute Gasteiger partial charge is 0.452 e. The first-order valence-corrected chi connectivity index (χ1v) is 6.40. The van der Waals surface area contributed by atoms with E-state index in [-0.39, 0.29) is 5.69 Å². The molecule has 1 amide bonds. The maximum atomic E-state index is 13.4. The van der Waals surface area contributed by atoms with E-state index < -0.39 is 24.3 Å². The number of carbonyl (C=O) groups excluding carboxylic acids is 2. The number of hydrogen-bond acceptors (Lipinski definition) is 3. The maximum absolute atomic E-state index is 13.4. The van der Waals surface area contributed by atoms with Crippen LogP contribution in [0.2, 0.25) is 0 Å². The summed E-state index contributed by atoms with van der Waals surface area (Å²) in [5.41, 5.74) is 0.0355. The summed E-state index contributed by atoms with van der Waals surface area (Å²) in [5, 5.41) is 2.31. The molecule has 0 atom stereocenters. The summed E-state index contributed by atoms with van der Waals surface area (Å²) in [6, 6.07) is 4.23. The molecule has 1 rings (SSSR count). The second-order valence-electron chi connectivity index (χ2n) is 3.59. The molecule has 0 aliphatic heterocycles. The van der Waals surface area contributed by atoms with Gasteiger partial charge in [0, 0.05) is 10.5 Å². The van der Waals surface area contributed by atoms with Gasteiger partial charge in [0.05, 0.1) is 5.69 Å². The number of esters is 1. The zero-order chi connectivity index (χ0) is 14.3. The van der Waals surface area contributed by atoms with Crippen molar-refractivity contribution in [3.63, 3.8) is 0 Å². The number of carbonyl (C=O) groups is 2. The molecule has 1 aromatic rings. The average Bonchev–Trinajstić information content (AvgIpc) is 2.37. The number of nitrogens with one attached hydrogen (secondary N) is 1. The number of anilines is 1. The molecule has 0 heterocycles. The van der Waals surface area contributed by atoms with Crippen LogP contribution in [0.5, 0.6) is 0 Å². The molecule has 0 spiro atoms.